The fraction of sp³-hybridized carbons (Fsp3) is 0.467. The van der Waals surface area contributed by atoms with Gasteiger partial charge in [-0.2, -0.15) is 22.0 Å². The molecule has 0 unspecified atom stereocenters. The van der Waals surface area contributed by atoms with E-state index in [9.17, 15) is 37.5 Å². The molecule has 2 rings (SSSR count). The number of unbranched alkanes of at least 4 members (excludes halogenated alkanes) is 1. The third-order valence-corrected chi connectivity index (χ3v) is 7.82. The number of aliphatic hydroxyl groups is 1. The number of alkyl halides is 5. The van der Waals surface area contributed by atoms with Gasteiger partial charge in [0, 0.05) is 12.1 Å². The number of methoxy groups -OCH3 is 1. The van der Waals surface area contributed by atoms with Crippen LogP contribution in [0.2, 0.25) is 10.0 Å². The van der Waals surface area contributed by atoms with Gasteiger partial charge < -0.3 is 36.2 Å². The SMILES string of the molecule is COc1ccc([C@H](NC(=O)[C@H](CCCCNC(=O)O)NC(=O)C(F)(F)c2ccc(Cl)c(Cl)c2)C(=O)N[C@@H](C(C)C)[C@H](O)C(F)(F)F)cc1. The Hall–Kier alpha value is -3.89. The lowest BCUT2D eigenvalue weighted by atomic mass is 9.96. The fourth-order valence-corrected chi connectivity index (χ4v) is 4.71. The zero-order valence-corrected chi connectivity index (χ0v) is 27.3. The lowest BCUT2D eigenvalue weighted by Crippen LogP contribution is -2.56. The Kier molecular flexibility index (Phi) is 14.7. The first kappa shape index (κ1) is 40.3. The van der Waals surface area contributed by atoms with Crippen LogP contribution >= 0.6 is 23.2 Å². The molecule has 0 aromatic heterocycles. The molecule has 48 heavy (non-hydrogen) atoms. The molecule has 18 heteroatoms. The summed E-state index contributed by atoms with van der Waals surface area (Å²) in [5.74, 6) is -9.14. The number of hydrogen-bond donors (Lipinski definition) is 6. The van der Waals surface area contributed by atoms with Gasteiger partial charge in [-0.3, -0.25) is 14.4 Å². The summed E-state index contributed by atoms with van der Waals surface area (Å²) in [7, 11) is 1.35. The van der Waals surface area contributed by atoms with Crippen LogP contribution in [-0.2, 0) is 20.3 Å². The van der Waals surface area contributed by atoms with E-state index in [4.69, 9.17) is 33.0 Å². The van der Waals surface area contributed by atoms with Gasteiger partial charge in [0.2, 0.25) is 11.8 Å². The van der Waals surface area contributed by atoms with Crippen molar-refractivity contribution in [3.63, 3.8) is 0 Å². The molecule has 0 saturated carbocycles. The summed E-state index contributed by atoms with van der Waals surface area (Å²) >= 11 is 11.6. The molecule has 4 amide bonds. The number of aliphatic hydroxyl groups excluding tert-OH is 1. The van der Waals surface area contributed by atoms with E-state index in [1.54, 1.807) is 0 Å². The number of benzene rings is 2. The maximum atomic E-state index is 15.2. The number of hydrogen-bond acceptors (Lipinski definition) is 6. The highest BCUT2D eigenvalue weighted by Gasteiger charge is 2.46. The second-order valence-electron chi connectivity index (χ2n) is 10.9. The molecule has 0 aliphatic rings. The summed E-state index contributed by atoms with van der Waals surface area (Å²) < 4.78 is 75.7. The Morgan fingerprint density at radius 2 is 1.50 bits per heavy atom. The summed E-state index contributed by atoms with van der Waals surface area (Å²) in [6.07, 6.45) is -9.60. The van der Waals surface area contributed by atoms with E-state index >= 15 is 8.78 Å². The summed E-state index contributed by atoms with van der Waals surface area (Å²) in [6, 6.07) is 2.73. The largest absolute Gasteiger partial charge is 0.497 e. The van der Waals surface area contributed by atoms with E-state index in [1.807, 2.05) is 5.32 Å². The van der Waals surface area contributed by atoms with Crippen molar-refractivity contribution in [3.8, 4) is 5.75 Å². The van der Waals surface area contributed by atoms with Crippen LogP contribution in [0, 0.1) is 5.92 Å². The van der Waals surface area contributed by atoms with Crippen molar-refractivity contribution in [3.05, 3.63) is 63.6 Å². The first-order valence-corrected chi connectivity index (χ1v) is 15.2. The van der Waals surface area contributed by atoms with Gasteiger partial charge in [0.1, 0.15) is 17.8 Å². The Labute approximate surface area is 282 Å². The van der Waals surface area contributed by atoms with Crippen molar-refractivity contribution in [1.82, 2.24) is 21.3 Å². The van der Waals surface area contributed by atoms with Crippen LogP contribution in [0.3, 0.4) is 0 Å². The van der Waals surface area contributed by atoms with Gasteiger partial charge in [-0.25, -0.2) is 4.79 Å². The number of amides is 4. The molecule has 0 fully saturated rings. The normalized spacial score (nSPS) is 14.3. The third-order valence-electron chi connectivity index (χ3n) is 7.09. The fourth-order valence-electron chi connectivity index (χ4n) is 4.41. The lowest BCUT2D eigenvalue weighted by Gasteiger charge is -2.31. The van der Waals surface area contributed by atoms with Crippen molar-refractivity contribution in [2.45, 2.75) is 69.4 Å². The molecule has 11 nitrogen and oxygen atoms in total. The van der Waals surface area contributed by atoms with E-state index in [-0.39, 0.29) is 41.4 Å². The minimum Gasteiger partial charge on any atom is -0.497 e. The molecule has 0 aliphatic heterocycles. The van der Waals surface area contributed by atoms with Gasteiger partial charge in [0.25, 0.3) is 5.91 Å². The summed E-state index contributed by atoms with van der Waals surface area (Å²) in [5.41, 5.74) is -0.819. The molecule has 0 bridgehead atoms. The molecule has 2 aromatic rings. The molecule has 2 aromatic carbocycles. The van der Waals surface area contributed by atoms with Crippen LogP contribution in [0.15, 0.2) is 42.5 Å². The van der Waals surface area contributed by atoms with E-state index in [1.165, 1.54) is 45.2 Å². The number of rotatable bonds is 16. The second-order valence-corrected chi connectivity index (χ2v) is 11.8. The molecule has 6 N–H and O–H groups in total. The Bertz CT molecular complexity index is 1430. The van der Waals surface area contributed by atoms with E-state index < -0.39 is 71.6 Å². The van der Waals surface area contributed by atoms with Crippen LogP contribution in [-0.4, -0.2) is 72.0 Å². The number of ether oxygens (including phenoxy) is 1. The summed E-state index contributed by atoms with van der Waals surface area (Å²) in [5, 5.41) is 26.8. The van der Waals surface area contributed by atoms with Crippen molar-refractivity contribution >= 4 is 47.0 Å². The topological polar surface area (TPSA) is 166 Å². The molecule has 0 saturated heterocycles. The van der Waals surface area contributed by atoms with Gasteiger partial charge >= 0.3 is 18.2 Å². The maximum absolute atomic E-state index is 15.2. The average Bonchev–Trinajstić information content (AvgIpc) is 3.01. The Morgan fingerprint density at radius 3 is 2.02 bits per heavy atom. The highest BCUT2D eigenvalue weighted by Crippen LogP contribution is 2.33. The second kappa shape index (κ2) is 17.5. The lowest BCUT2D eigenvalue weighted by molar-refractivity contribution is -0.215. The molecule has 266 valence electrons. The minimum absolute atomic E-state index is 0.0174. The molecule has 0 spiro atoms. The predicted molar refractivity (Wildman–Crippen MR) is 165 cm³/mol. The third kappa shape index (κ3) is 11.4. The van der Waals surface area contributed by atoms with E-state index in [2.05, 4.69) is 16.0 Å². The van der Waals surface area contributed by atoms with Crippen LogP contribution < -0.4 is 26.0 Å². The highest BCUT2D eigenvalue weighted by atomic mass is 35.5. The molecule has 0 heterocycles. The molecule has 0 aliphatic carbocycles. The number of nitrogens with one attached hydrogen (secondary N) is 4. The molecular weight excluding hydrogens is 694 g/mol. The quantitative estimate of drug-likeness (QED) is 0.105. The van der Waals surface area contributed by atoms with Crippen LogP contribution in [0.1, 0.15) is 50.3 Å². The van der Waals surface area contributed by atoms with Gasteiger partial charge in [-0.15, -0.1) is 0 Å². The van der Waals surface area contributed by atoms with Crippen LogP contribution in [0.5, 0.6) is 5.75 Å². The predicted octanol–water partition coefficient (Wildman–Crippen LogP) is 4.94. The molecule has 4 atom stereocenters. The summed E-state index contributed by atoms with van der Waals surface area (Å²) in [4.78, 5) is 50.7. The van der Waals surface area contributed by atoms with Gasteiger partial charge in [-0.1, -0.05) is 55.2 Å². The number of carboxylic acid groups (broad SMARTS) is 1. The van der Waals surface area contributed by atoms with E-state index in [0.29, 0.717) is 5.75 Å². The van der Waals surface area contributed by atoms with Crippen molar-refractivity contribution in [2.75, 3.05) is 13.7 Å². The van der Waals surface area contributed by atoms with Crippen molar-refractivity contribution in [2.24, 2.45) is 5.92 Å². The average molecular weight is 730 g/mol. The standard InChI is InChI=1S/C30H35Cl2F5N4O7/c1-15(2)22(24(42)30(35,36)37)40-26(44)23(16-7-10-18(48-3)11-8-16)41-25(43)21(6-4-5-13-38-28(46)47)39-27(45)29(33,34)17-9-12-19(31)20(32)14-17/h7-12,14-15,21-24,38,42H,4-6,13H2,1-3H3,(H,39,45)(H,40,44)(H,41,43)(H,46,47)/t21-,22-,23-,24-/m0/s1. The highest BCUT2D eigenvalue weighted by molar-refractivity contribution is 6.42. The smallest absolute Gasteiger partial charge is 0.416 e. The summed E-state index contributed by atoms with van der Waals surface area (Å²) in [6.45, 7) is 2.56. The number of carbonyl (C=O) groups excluding carboxylic acids is 3. The number of carbonyl (C=O) groups is 4. The maximum Gasteiger partial charge on any atom is 0.416 e. The minimum atomic E-state index is -5.11. The van der Waals surface area contributed by atoms with E-state index in [0.717, 1.165) is 18.2 Å². The first-order chi connectivity index (χ1) is 22.3. The van der Waals surface area contributed by atoms with Crippen molar-refractivity contribution in [1.29, 1.82) is 0 Å². The monoisotopic (exact) mass is 728 g/mol. The van der Waals surface area contributed by atoms with Crippen LogP contribution in [0.25, 0.3) is 0 Å². The van der Waals surface area contributed by atoms with Crippen LogP contribution in [0.4, 0.5) is 26.7 Å². The first-order valence-electron chi connectivity index (χ1n) is 14.4. The van der Waals surface area contributed by atoms with Crippen molar-refractivity contribution < 1.29 is 56.1 Å². The van der Waals surface area contributed by atoms with Gasteiger partial charge in [0.05, 0.1) is 23.2 Å². The Balaban J connectivity index is 2.44. The molecule has 0 radical (unpaired) electrons. The zero-order valence-electron chi connectivity index (χ0n) is 25.8. The number of halogens is 7. The molecular formula is C30H35Cl2F5N4O7. The Morgan fingerprint density at radius 1 is 0.875 bits per heavy atom. The zero-order chi connectivity index (χ0) is 36.4. The van der Waals surface area contributed by atoms with Gasteiger partial charge in [-0.05, 0) is 55.0 Å². The van der Waals surface area contributed by atoms with Gasteiger partial charge in [0.15, 0.2) is 6.10 Å².